The van der Waals surface area contributed by atoms with Crippen LogP contribution in [-0.4, -0.2) is 23.3 Å². The molecule has 0 aliphatic carbocycles. The molecule has 3 aromatic rings. The van der Waals surface area contributed by atoms with Crippen molar-refractivity contribution < 1.29 is 19.2 Å². The van der Waals surface area contributed by atoms with Crippen molar-refractivity contribution in [3.05, 3.63) is 99.6 Å². The summed E-state index contributed by atoms with van der Waals surface area (Å²) in [4.78, 5) is 34.7. The molecule has 0 bridgehead atoms. The smallest absolute Gasteiger partial charge is 0.338 e. The first-order valence-corrected chi connectivity index (χ1v) is 8.56. The van der Waals surface area contributed by atoms with E-state index in [0.29, 0.717) is 11.1 Å². The lowest BCUT2D eigenvalue weighted by molar-refractivity contribution is -0.385. The van der Waals surface area contributed by atoms with Crippen molar-refractivity contribution in [1.29, 1.82) is 0 Å². The summed E-state index contributed by atoms with van der Waals surface area (Å²) in [5, 5.41) is 10.8. The van der Waals surface area contributed by atoms with Crippen LogP contribution >= 0.6 is 0 Å². The number of carbonyl (C=O) groups is 2. The minimum Gasteiger partial charge on any atom is -0.454 e. The van der Waals surface area contributed by atoms with Gasteiger partial charge < -0.3 is 4.74 Å². The first-order valence-electron chi connectivity index (χ1n) is 8.56. The summed E-state index contributed by atoms with van der Waals surface area (Å²) in [5.74, 6) is -1.03. The molecule has 0 amide bonds. The molecular formula is C22H17NO5. The third kappa shape index (κ3) is 4.29. The molecule has 0 aromatic heterocycles. The van der Waals surface area contributed by atoms with Crippen LogP contribution in [0.1, 0.15) is 26.3 Å². The van der Waals surface area contributed by atoms with Crippen LogP contribution in [0.4, 0.5) is 5.69 Å². The fourth-order valence-electron chi connectivity index (χ4n) is 2.76. The van der Waals surface area contributed by atoms with E-state index in [9.17, 15) is 19.7 Å². The molecule has 0 fully saturated rings. The number of carbonyl (C=O) groups excluding carboxylic acids is 2. The molecule has 0 saturated heterocycles. The lowest BCUT2D eigenvalue weighted by Crippen LogP contribution is -2.14. The molecule has 0 aliphatic rings. The number of nitrogens with zero attached hydrogens (tertiary/aromatic N) is 1. The van der Waals surface area contributed by atoms with Crippen molar-refractivity contribution in [3.8, 4) is 11.1 Å². The lowest BCUT2D eigenvalue weighted by atomic mass is 10.0. The van der Waals surface area contributed by atoms with Gasteiger partial charge in [0.2, 0.25) is 0 Å². The number of ketones is 1. The molecule has 3 aromatic carbocycles. The van der Waals surface area contributed by atoms with Gasteiger partial charge in [-0.3, -0.25) is 14.9 Å². The largest absolute Gasteiger partial charge is 0.454 e. The predicted octanol–water partition coefficient (Wildman–Crippen LogP) is 4.61. The van der Waals surface area contributed by atoms with Gasteiger partial charge in [0, 0.05) is 17.2 Å². The van der Waals surface area contributed by atoms with Crippen molar-refractivity contribution >= 4 is 17.4 Å². The van der Waals surface area contributed by atoms with E-state index in [-0.39, 0.29) is 17.0 Å². The molecule has 6 nitrogen and oxygen atoms in total. The van der Waals surface area contributed by atoms with Gasteiger partial charge in [-0.05, 0) is 30.2 Å². The number of Topliss-reactive ketones (excluding diaryl/α,β-unsaturated/α-hetero) is 1. The Morgan fingerprint density at radius 2 is 1.50 bits per heavy atom. The van der Waals surface area contributed by atoms with E-state index < -0.39 is 17.5 Å². The minimum absolute atomic E-state index is 0.0777. The Bertz CT molecular complexity index is 1030. The number of ether oxygens (including phenoxy) is 1. The maximum absolute atomic E-state index is 12.3. The van der Waals surface area contributed by atoms with Gasteiger partial charge in [-0.15, -0.1) is 0 Å². The average molecular weight is 375 g/mol. The van der Waals surface area contributed by atoms with E-state index in [2.05, 4.69) is 0 Å². The van der Waals surface area contributed by atoms with Gasteiger partial charge in [-0.2, -0.15) is 0 Å². The van der Waals surface area contributed by atoms with Crippen LogP contribution in [0.5, 0.6) is 0 Å². The molecular weight excluding hydrogens is 358 g/mol. The maximum atomic E-state index is 12.3. The molecule has 28 heavy (non-hydrogen) atoms. The Hall–Kier alpha value is -3.80. The molecule has 6 heteroatoms. The molecule has 0 spiro atoms. The van der Waals surface area contributed by atoms with E-state index in [1.807, 2.05) is 42.5 Å². The number of esters is 1. The van der Waals surface area contributed by atoms with Gasteiger partial charge in [0.05, 0.1) is 10.5 Å². The zero-order valence-corrected chi connectivity index (χ0v) is 15.1. The molecule has 0 atom stereocenters. The van der Waals surface area contributed by atoms with Crippen LogP contribution in [0, 0.1) is 17.0 Å². The van der Waals surface area contributed by atoms with Crippen LogP contribution in [0.3, 0.4) is 0 Å². The maximum Gasteiger partial charge on any atom is 0.338 e. The molecule has 140 valence electrons. The topological polar surface area (TPSA) is 86.5 Å². The summed E-state index contributed by atoms with van der Waals surface area (Å²) in [6.45, 7) is 1.13. The van der Waals surface area contributed by atoms with E-state index in [0.717, 1.165) is 11.1 Å². The van der Waals surface area contributed by atoms with E-state index in [4.69, 9.17) is 4.74 Å². The summed E-state index contributed by atoms with van der Waals surface area (Å²) in [7, 11) is 0. The monoisotopic (exact) mass is 375 g/mol. The first kappa shape index (κ1) is 19.0. The Balaban J connectivity index is 1.63. The Morgan fingerprint density at radius 3 is 2.11 bits per heavy atom. The van der Waals surface area contributed by atoms with Crippen LogP contribution in [0.25, 0.3) is 11.1 Å². The Kier molecular flexibility index (Phi) is 5.60. The second kappa shape index (κ2) is 8.26. The number of nitro benzene ring substituents is 1. The quantitative estimate of drug-likeness (QED) is 0.272. The standard InChI is InChI=1S/C22H17NO5/c1-15-13-19(11-12-20(15)23(26)27)22(25)28-14-21(24)18-9-7-17(8-10-18)16-5-3-2-4-6-16/h2-13H,14H2,1H3. The molecule has 0 unspecified atom stereocenters. The van der Waals surface area contributed by atoms with Gasteiger partial charge in [-0.25, -0.2) is 4.79 Å². The normalized spacial score (nSPS) is 10.3. The highest BCUT2D eigenvalue weighted by Crippen LogP contribution is 2.20. The zero-order chi connectivity index (χ0) is 20.1. The first-order chi connectivity index (χ1) is 13.5. The van der Waals surface area contributed by atoms with Gasteiger partial charge in [0.1, 0.15) is 0 Å². The van der Waals surface area contributed by atoms with Gasteiger partial charge >= 0.3 is 5.97 Å². The van der Waals surface area contributed by atoms with Crippen LogP contribution in [0.15, 0.2) is 72.8 Å². The van der Waals surface area contributed by atoms with Crippen LogP contribution in [0.2, 0.25) is 0 Å². The van der Waals surface area contributed by atoms with Crippen LogP contribution < -0.4 is 0 Å². The van der Waals surface area contributed by atoms with Gasteiger partial charge in [0.15, 0.2) is 12.4 Å². The molecule has 0 aliphatic heterocycles. The van der Waals surface area contributed by atoms with E-state index >= 15 is 0 Å². The fourth-order valence-corrected chi connectivity index (χ4v) is 2.76. The average Bonchev–Trinajstić information content (AvgIpc) is 2.72. The molecule has 0 saturated carbocycles. The Labute approximate surface area is 161 Å². The summed E-state index contributed by atoms with van der Waals surface area (Å²) in [6.07, 6.45) is 0. The summed E-state index contributed by atoms with van der Waals surface area (Å²) in [6, 6.07) is 20.7. The second-order valence-electron chi connectivity index (χ2n) is 6.20. The number of nitro groups is 1. The van der Waals surface area contributed by atoms with Gasteiger partial charge in [0.25, 0.3) is 5.69 Å². The Morgan fingerprint density at radius 1 is 0.893 bits per heavy atom. The highest BCUT2D eigenvalue weighted by atomic mass is 16.6. The second-order valence-corrected chi connectivity index (χ2v) is 6.20. The SMILES string of the molecule is Cc1cc(C(=O)OCC(=O)c2ccc(-c3ccccc3)cc2)ccc1[N+](=O)[O-]. The lowest BCUT2D eigenvalue weighted by Gasteiger charge is -2.07. The number of hydrogen-bond donors (Lipinski definition) is 0. The summed E-state index contributed by atoms with van der Waals surface area (Å²) < 4.78 is 5.06. The van der Waals surface area contributed by atoms with Crippen molar-refractivity contribution in [1.82, 2.24) is 0 Å². The number of benzene rings is 3. The van der Waals surface area contributed by atoms with Crippen LogP contribution in [-0.2, 0) is 4.74 Å². The third-order valence-corrected chi connectivity index (χ3v) is 4.28. The number of aryl methyl sites for hydroxylation is 1. The van der Waals surface area contributed by atoms with Gasteiger partial charge in [-0.1, -0.05) is 54.6 Å². The van der Waals surface area contributed by atoms with E-state index in [1.165, 1.54) is 25.1 Å². The fraction of sp³-hybridized carbons (Fsp3) is 0.0909. The minimum atomic E-state index is -0.702. The molecule has 3 rings (SSSR count). The predicted molar refractivity (Wildman–Crippen MR) is 104 cm³/mol. The highest BCUT2D eigenvalue weighted by Gasteiger charge is 2.16. The number of hydrogen-bond acceptors (Lipinski definition) is 5. The van der Waals surface area contributed by atoms with Crippen molar-refractivity contribution in [2.45, 2.75) is 6.92 Å². The molecule has 0 N–H and O–H groups in total. The summed E-state index contributed by atoms with van der Waals surface area (Å²) >= 11 is 0. The van der Waals surface area contributed by atoms with Crippen molar-refractivity contribution in [2.75, 3.05) is 6.61 Å². The summed E-state index contributed by atoms with van der Waals surface area (Å²) in [5.41, 5.74) is 2.90. The molecule has 0 heterocycles. The zero-order valence-electron chi connectivity index (χ0n) is 15.1. The number of rotatable bonds is 6. The van der Waals surface area contributed by atoms with E-state index in [1.54, 1.807) is 12.1 Å². The molecule has 0 radical (unpaired) electrons. The van der Waals surface area contributed by atoms with Crippen molar-refractivity contribution in [3.63, 3.8) is 0 Å². The third-order valence-electron chi connectivity index (χ3n) is 4.28. The van der Waals surface area contributed by atoms with Crippen molar-refractivity contribution in [2.24, 2.45) is 0 Å². The highest BCUT2D eigenvalue weighted by molar-refractivity contribution is 5.99.